The van der Waals surface area contributed by atoms with Crippen molar-refractivity contribution in [1.82, 2.24) is 19.5 Å². The minimum absolute atomic E-state index is 0.0364. The lowest BCUT2D eigenvalue weighted by atomic mass is 9.90. The van der Waals surface area contributed by atoms with Gasteiger partial charge in [-0.1, -0.05) is 0 Å². The summed E-state index contributed by atoms with van der Waals surface area (Å²) < 4.78 is 36.3. The van der Waals surface area contributed by atoms with Crippen LogP contribution in [0.25, 0.3) is 11.2 Å². The highest BCUT2D eigenvalue weighted by atomic mass is 19.1. The van der Waals surface area contributed by atoms with E-state index in [2.05, 4.69) is 20.6 Å². The molecule has 3 heterocycles. The molecule has 34 heavy (non-hydrogen) atoms. The maximum absolute atomic E-state index is 14.4. The summed E-state index contributed by atoms with van der Waals surface area (Å²) in [5, 5.41) is 16.7. The second-order valence-corrected chi connectivity index (χ2v) is 10.1. The molecule has 2 fully saturated rings. The number of anilines is 2. The number of allylic oxidation sites excluding steroid dienone is 3. The zero-order valence-corrected chi connectivity index (χ0v) is 19.7. The lowest BCUT2D eigenvalue weighted by Crippen LogP contribution is -2.30. The van der Waals surface area contributed by atoms with Gasteiger partial charge in [-0.2, -0.15) is 4.98 Å². The Morgan fingerprint density at radius 1 is 1.15 bits per heavy atom. The molecule has 0 radical (unpaired) electrons. The van der Waals surface area contributed by atoms with Gasteiger partial charge in [0.15, 0.2) is 5.65 Å². The van der Waals surface area contributed by atoms with Crippen LogP contribution in [0, 0.1) is 5.92 Å². The molecule has 8 nitrogen and oxygen atoms in total. The monoisotopic (exact) mass is 474 g/mol. The van der Waals surface area contributed by atoms with Gasteiger partial charge in [0.05, 0.1) is 11.8 Å². The summed E-state index contributed by atoms with van der Waals surface area (Å²) in [7, 11) is 0. The molecule has 3 aliphatic rings. The Bertz CT molecular complexity index is 1120. The van der Waals surface area contributed by atoms with Gasteiger partial charge in [-0.25, -0.2) is 18.7 Å². The standard InChI is InChI=1S/C24H32F2N6O2/c1-24(2,33)14-6-7-15(12-14)28-22-27-13-19-21(31-22)32(16-8-10-34-11-9-16)23(29-19)30-20-17(25)4-3-5-18(20)26/h4,13-16,33H,3,5-12H2,1-2H3,(H,29,30)(H,27,28,31). The minimum atomic E-state index is -0.712. The maximum atomic E-state index is 14.4. The van der Waals surface area contributed by atoms with Gasteiger partial charge in [0, 0.05) is 31.7 Å². The summed E-state index contributed by atoms with van der Waals surface area (Å²) in [4.78, 5) is 13.8. The Labute approximate surface area is 197 Å². The Morgan fingerprint density at radius 2 is 1.94 bits per heavy atom. The number of nitrogens with one attached hydrogen (secondary N) is 2. The number of imidazole rings is 1. The first kappa shape index (κ1) is 23.2. The van der Waals surface area contributed by atoms with Gasteiger partial charge in [-0.15, -0.1) is 0 Å². The molecular formula is C24H32F2N6O2. The lowest BCUT2D eigenvalue weighted by molar-refractivity contribution is 0.0197. The van der Waals surface area contributed by atoms with Gasteiger partial charge in [0.25, 0.3) is 0 Å². The molecule has 10 heteroatoms. The quantitative estimate of drug-likeness (QED) is 0.555. The summed E-state index contributed by atoms with van der Waals surface area (Å²) in [6.45, 7) is 4.91. The second kappa shape index (κ2) is 9.22. The molecule has 2 aromatic heterocycles. The van der Waals surface area contributed by atoms with Crippen LogP contribution in [0.1, 0.15) is 64.8 Å². The molecule has 0 aromatic carbocycles. The highest BCUT2D eigenvalue weighted by Gasteiger charge is 2.35. The van der Waals surface area contributed by atoms with Crippen LogP contribution in [0.5, 0.6) is 0 Å². The average Bonchev–Trinajstić information content (AvgIpc) is 3.41. The van der Waals surface area contributed by atoms with Gasteiger partial charge in [-0.05, 0) is 64.4 Å². The molecule has 1 saturated heterocycles. The normalized spacial score (nSPS) is 24.6. The van der Waals surface area contributed by atoms with Crippen LogP contribution in [0.4, 0.5) is 20.7 Å². The van der Waals surface area contributed by atoms with E-state index < -0.39 is 17.3 Å². The van der Waals surface area contributed by atoms with Crippen molar-refractivity contribution in [2.75, 3.05) is 23.8 Å². The first-order chi connectivity index (χ1) is 16.3. The number of rotatable bonds is 6. The summed E-state index contributed by atoms with van der Waals surface area (Å²) >= 11 is 0. The number of aliphatic hydroxyl groups is 1. The van der Waals surface area contributed by atoms with E-state index in [9.17, 15) is 13.9 Å². The SMILES string of the molecule is CC(C)(O)C1CCC(Nc2ncc3nc(NC4=C(F)CCC=C4F)n(C4CCOCC4)c3n2)C1. The van der Waals surface area contributed by atoms with Crippen molar-refractivity contribution in [2.24, 2.45) is 5.92 Å². The van der Waals surface area contributed by atoms with Crippen molar-refractivity contribution in [3.05, 3.63) is 29.6 Å². The van der Waals surface area contributed by atoms with E-state index in [1.54, 1.807) is 6.20 Å². The molecule has 5 rings (SSSR count). The third kappa shape index (κ3) is 4.65. The number of halogens is 2. The maximum Gasteiger partial charge on any atom is 0.224 e. The molecule has 2 aliphatic carbocycles. The molecule has 1 aliphatic heterocycles. The predicted octanol–water partition coefficient (Wildman–Crippen LogP) is 4.77. The number of aromatic nitrogens is 4. The second-order valence-electron chi connectivity index (χ2n) is 10.1. The molecule has 2 atom stereocenters. The van der Waals surface area contributed by atoms with E-state index in [1.165, 1.54) is 6.08 Å². The minimum Gasteiger partial charge on any atom is -0.390 e. The number of nitrogens with zero attached hydrogens (tertiary/aromatic N) is 4. The van der Waals surface area contributed by atoms with E-state index >= 15 is 0 Å². The molecule has 2 unspecified atom stereocenters. The fourth-order valence-electron chi connectivity index (χ4n) is 5.20. The molecule has 0 spiro atoms. The molecule has 1 saturated carbocycles. The molecule has 3 N–H and O–H groups in total. The summed E-state index contributed by atoms with van der Waals surface area (Å²) in [6, 6.07) is 0.209. The van der Waals surface area contributed by atoms with Gasteiger partial charge >= 0.3 is 0 Å². The highest BCUT2D eigenvalue weighted by molar-refractivity contribution is 5.76. The summed E-state index contributed by atoms with van der Waals surface area (Å²) in [5.74, 6) is -0.0550. The topological polar surface area (TPSA) is 97.1 Å². The number of hydrogen-bond acceptors (Lipinski definition) is 7. The predicted molar refractivity (Wildman–Crippen MR) is 126 cm³/mol. The van der Waals surface area contributed by atoms with Crippen molar-refractivity contribution in [2.45, 2.75) is 76.5 Å². The highest BCUT2D eigenvalue weighted by Crippen LogP contribution is 2.36. The molecule has 184 valence electrons. The van der Waals surface area contributed by atoms with Crippen molar-refractivity contribution in [3.63, 3.8) is 0 Å². The number of ether oxygens (including phenoxy) is 1. The van der Waals surface area contributed by atoms with Gasteiger partial charge in [-0.3, -0.25) is 4.57 Å². The van der Waals surface area contributed by atoms with Crippen LogP contribution in [0.3, 0.4) is 0 Å². The fourth-order valence-corrected chi connectivity index (χ4v) is 5.20. The van der Waals surface area contributed by atoms with Gasteiger partial charge < -0.3 is 20.5 Å². The lowest BCUT2D eigenvalue weighted by Gasteiger charge is -2.26. The van der Waals surface area contributed by atoms with Crippen LogP contribution in [-0.4, -0.2) is 49.5 Å². The van der Waals surface area contributed by atoms with Crippen molar-refractivity contribution >= 4 is 23.1 Å². The average molecular weight is 475 g/mol. The zero-order chi connectivity index (χ0) is 23.9. The third-order valence-corrected chi connectivity index (χ3v) is 7.19. The first-order valence-corrected chi connectivity index (χ1v) is 12.1. The summed E-state index contributed by atoms with van der Waals surface area (Å²) in [5.41, 5.74) is 0.299. The molecular weight excluding hydrogens is 442 g/mol. The fraction of sp³-hybridized carbons (Fsp3) is 0.625. The summed E-state index contributed by atoms with van der Waals surface area (Å²) in [6.07, 6.45) is 7.76. The Morgan fingerprint density at radius 3 is 2.65 bits per heavy atom. The Kier molecular flexibility index (Phi) is 6.28. The van der Waals surface area contributed by atoms with E-state index in [4.69, 9.17) is 9.72 Å². The Hall–Kier alpha value is -2.59. The Balaban J connectivity index is 1.46. The van der Waals surface area contributed by atoms with E-state index in [-0.39, 0.29) is 30.1 Å². The first-order valence-electron chi connectivity index (χ1n) is 12.1. The number of fused-ring (bicyclic) bond motifs is 1. The van der Waals surface area contributed by atoms with Crippen LogP contribution in [0.15, 0.2) is 29.6 Å². The zero-order valence-electron chi connectivity index (χ0n) is 19.7. The van der Waals surface area contributed by atoms with Crippen molar-refractivity contribution in [3.8, 4) is 0 Å². The largest absolute Gasteiger partial charge is 0.390 e. The molecule has 0 amide bonds. The van der Waals surface area contributed by atoms with E-state index in [1.807, 2.05) is 18.4 Å². The van der Waals surface area contributed by atoms with Crippen LogP contribution in [-0.2, 0) is 4.74 Å². The van der Waals surface area contributed by atoms with Crippen molar-refractivity contribution in [1.29, 1.82) is 0 Å². The van der Waals surface area contributed by atoms with E-state index in [0.29, 0.717) is 42.7 Å². The number of hydrogen-bond donors (Lipinski definition) is 3. The van der Waals surface area contributed by atoms with Crippen LogP contribution < -0.4 is 10.6 Å². The van der Waals surface area contributed by atoms with Crippen molar-refractivity contribution < 1.29 is 18.6 Å². The van der Waals surface area contributed by atoms with Gasteiger partial charge in [0.1, 0.15) is 22.9 Å². The van der Waals surface area contributed by atoms with Crippen LogP contribution in [0.2, 0.25) is 0 Å². The third-order valence-electron chi connectivity index (χ3n) is 7.19. The van der Waals surface area contributed by atoms with Gasteiger partial charge in [0.2, 0.25) is 11.9 Å². The smallest absolute Gasteiger partial charge is 0.224 e. The molecule has 0 bridgehead atoms. The van der Waals surface area contributed by atoms with Crippen LogP contribution >= 0.6 is 0 Å². The van der Waals surface area contributed by atoms with E-state index in [0.717, 1.165) is 32.1 Å². The molecule has 2 aromatic rings.